The Morgan fingerprint density at radius 3 is 2.39 bits per heavy atom. The summed E-state index contributed by atoms with van der Waals surface area (Å²) in [5, 5.41) is 3.49. The third-order valence-corrected chi connectivity index (χ3v) is 3.16. The maximum atomic E-state index is 13.0. The van der Waals surface area contributed by atoms with Gasteiger partial charge in [0.25, 0.3) is 0 Å². The van der Waals surface area contributed by atoms with Crippen molar-refractivity contribution in [2.24, 2.45) is 0 Å². The minimum Gasteiger partial charge on any atom is -0.379 e. The van der Waals surface area contributed by atoms with Crippen LogP contribution in [0.4, 0.5) is 4.39 Å². The zero-order chi connectivity index (χ0) is 13.6. The first-order valence-corrected chi connectivity index (χ1v) is 6.52. The van der Waals surface area contributed by atoms with E-state index in [0.29, 0.717) is 0 Å². The minimum atomic E-state index is -0.195. The van der Waals surface area contributed by atoms with E-state index in [4.69, 9.17) is 4.74 Å². The molecule has 1 unspecified atom stereocenters. The normalized spacial score (nSPS) is 13.6. The fourth-order valence-electron chi connectivity index (χ4n) is 1.90. The lowest BCUT2D eigenvalue weighted by Gasteiger charge is -2.29. The quantitative estimate of drug-likeness (QED) is 0.800. The molecule has 3 heteroatoms. The van der Waals surface area contributed by atoms with E-state index >= 15 is 0 Å². The standard InChI is InChI=1S/C15H24FNO/c1-5-10-17-14(11-15(2,3)18-4)12-6-8-13(16)9-7-12/h6-9,14,17H,5,10-11H2,1-4H3. The van der Waals surface area contributed by atoms with Crippen molar-refractivity contribution < 1.29 is 9.13 Å². The summed E-state index contributed by atoms with van der Waals surface area (Å²) >= 11 is 0. The molecule has 1 rings (SSSR count). The van der Waals surface area contributed by atoms with Gasteiger partial charge >= 0.3 is 0 Å². The lowest BCUT2D eigenvalue weighted by molar-refractivity contribution is 0.00684. The van der Waals surface area contributed by atoms with Gasteiger partial charge in [-0.1, -0.05) is 19.1 Å². The maximum Gasteiger partial charge on any atom is 0.123 e. The molecule has 1 atom stereocenters. The van der Waals surface area contributed by atoms with Gasteiger partial charge in [0.2, 0.25) is 0 Å². The van der Waals surface area contributed by atoms with Crippen molar-refractivity contribution in [3.8, 4) is 0 Å². The van der Waals surface area contributed by atoms with Gasteiger partial charge in [0.05, 0.1) is 5.60 Å². The summed E-state index contributed by atoms with van der Waals surface area (Å²) in [5.41, 5.74) is 0.912. The van der Waals surface area contributed by atoms with Gasteiger partial charge in [-0.3, -0.25) is 0 Å². The van der Waals surface area contributed by atoms with E-state index < -0.39 is 0 Å². The van der Waals surface area contributed by atoms with Crippen LogP contribution in [-0.4, -0.2) is 19.3 Å². The average molecular weight is 253 g/mol. The van der Waals surface area contributed by atoms with Crippen LogP contribution in [0.3, 0.4) is 0 Å². The second-order valence-electron chi connectivity index (χ2n) is 5.23. The Labute approximate surface area is 110 Å². The Balaban J connectivity index is 2.80. The van der Waals surface area contributed by atoms with Crippen LogP contribution >= 0.6 is 0 Å². The summed E-state index contributed by atoms with van der Waals surface area (Å²) in [6.45, 7) is 7.21. The zero-order valence-corrected chi connectivity index (χ0v) is 11.8. The average Bonchev–Trinajstić information content (AvgIpc) is 2.35. The lowest BCUT2D eigenvalue weighted by atomic mass is 9.93. The molecule has 1 aromatic carbocycles. The molecule has 0 aliphatic rings. The number of hydrogen-bond acceptors (Lipinski definition) is 2. The molecule has 0 amide bonds. The van der Waals surface area contributed by atoms with Crippen LogP contribution in [-0.2, 0) is 4.74 Å². The Morgan fingerprint density at radius 2 is 1.89 bits per heavy atom. The third-order valence-electron chi connectivity index (χ3n) is 3.16. The third kappa shape index (κ3) is 4.75. The maximum absolute atomic E-state index is 13.0. The first-order chi connectivity index (χ1) is 8.48. The van der Waals surface area contributed by atoms with Crippen molar-refractivity contribution in [3.05, 3.63) is 35.6 Å². The molecule has 0 saturated heterocycles. The van der Waals surface area contributed by atoms with Gasteiger partial charge in [-0.15, -0.1) is 0 Å². The van der Waals surface area contributed by atoms with Crippen molar-refractivity contribution in [1.29, 1.82) is 0 Å². The highest BCUT2D eigenvalue weighted by Crippen LogP contribution is 2.26. The smallest absolute Gasteiger partial charge is 0.123 e. The summed E-state index contributed by atoms with van der Waals surface area (Å²) in [6.07, 6.45) is 1.93. The molecule has 102 valence electrons. The molecule has 0 heterocycles. The van der Waals surface area contributed by atoms with E-state index in [-0.39, 0.29) is 17.5 Å². The second kappa shape index (κ2) is 6.86. The Morgan fingerprint density at radius 1 is 1.28 bits per heavy atom. The van der Waals surface area contributed by atoms with Crippen LogP contribution in [0.5, 0.6) is 0 Å². The molecule has 0 bridgehead atoms. The van der Waals surface area contributed by atoms with E-state index in [1.54, 1.807) is 7.11 Å². The largest absolute Gasteiger partial charge is 0.379 e. The van der Waals surface area contributed by atoms with Crippen LogP contribution in [0.1, 0.15) is 45.2 Å². The predicted molar refractivity (Wildman–Crippen MR) is 73.1 cm³/mol. The zero-order valence-electron chi connectivity index (χ0n) is 11.8. The molecule has 18 heavy (non-hydrogen) atoms. The number of ether oxygens (including phenoxy) is 1. The minimum absolute atomic E-state index is 0.195. The van der Waals surface area contributed by atoms with Crippen LogP contribution < -0.4 is 5.32 Å². The lowest BCUT2D eigenvalue weighted by Crippen LogP contribution is -2.32. The first kappa shape index (κ1) is 15.1. The highest BCUT2D eigenvalue weighted by atomic mass is 19.1. The van der Waals surface area contributed by atoms with Gasteiger partial charge in [0.1, 0.15) is 5.82 Å². The molecule has 0 aromatic heterocycles. The van der Waals surface area contributed by atoms with E-state index in [1.165, 1.54) is 12.1 Å². The van der Waals surface area contributed by atoms with Gasteiger partial charge in [-0.25, -0.2) is 4.39 Å². The van der Waals surface area contributed by atoms with Gasteiger partial charge in [-0.2, -0.15) is 0 Å². The van der Waals surface area contributed by atoms with Gasteiger partial charge in [0.15, 0.2) is 0 Å². The molecule has 0 fully saturated rings. The second-order valence-corrected chi connectivity index (χ2v) is 5.23. The van der Waals surface area contributed by atoms with Crippen molar-refractivity contribution in [1.82, 2.24) is 5.32 Å². The SMILES string of the molecule is CCCNC(CC(C)(C)OC)c1ccc(F)cc1. The summed E-state index contributed by atoms with van der Waals surface area (Å²) in [5.74, 6) is -0.195. The molecule has 0 radical (unpaired) electrons. The number of nitrogens with one attached hydrogen (secondary N) is 1. The Bertz CT molecular complexity index is 348. The van der Waals surface area contributed by atoms with Gasteiger partial charge in [0, 0.05) is 13.2 Å². The van der Waals surface area contributed by atoms with Crippen molar-refractivity contribution in [2.75, 3.05) is 13.7 Å². The van der Waals surface area contributed by atoms with Crippen molar-refractivity contribution >= 4 is 0 Å². The summed E-state index contributed by atoms with van der Waals surface area (Å²) in [6, 6.07) is 6.90. The van der Waals surface area contributed by atoms with E-state index in [2.05, 4.69) is 26.1 Å². The molecule has 1 aromatic rings. The van der Waals surface area contributed by atoms with Crippen LogP contribution in [0.25, 0.3) is 0 Å². The Kier molecular flexibility index (Phi) is 5.76. The number of hydrogen-bond donors (Lipinski definition) is 1. The predicted octanol–water partition coefficient (Wildman–Crippen LogP) is 3.68. The number of halogens is 1. The fraction of sp³-hybridized carbons (Fsp3) is 0.600. The molecule has 0 saturated carbocycles. The molecule has 0 aliphatic heterocycles. The van der Waals surface area contributed by atoms with E-state index in [9.17, 15) is 4.39 Å². The molecule has 1 N–H and O–H groups in total. The summed E-state index contributed by atoms with van der Waals surface area (Å²) in [7, 11) is 1.72. The first-order valence-electron chi connectivity index (χ1n) is 6.52. The Hall–Kier alpha value is -0.930. The van der Waals surface area contributed by atoms with Gasteiger partial charge < -0.3 is 10.1 Å². The molecule has 0 aliphatic carbocycles. The molecular formula is C15H24FNO. The van der Waals surface area contributed by atoms with E-state index in [1.807, 2.05) is 12.1 Å². The van der Waals surface area contributed by atoms with E-state index in [0.717, 1.165) is 24.9 Å². The summed E-state index contributed by atoms with van der Waals surface area (Å²) in [4.78, 5) is 0. The monoisotopic (exact) mass is 253 g/mol. The number of rotatable bonds is 7. The molecule has 2 nitrogen and oxygen atoms in total. The van der Waals surface area contributed by atoms with Crippen LogP contribution in [0.2, 0.25) is 0 Å². The number of benzene rings is 1. The van der Waals surface area contributed by atoms with Gasteiger partial charge in [-0.05, 0) is 50.9 Å². The van der Waals surface area contributed by atoms with Crippen LogP contribution in [0, 0.1) is 5.82 Å². The topological polar surface area (TPSA) is 21.3 Å². The van der Waals surface area contributed by atoms with Crippen molar-refractivity contribution in [2.45, 2.75) is 45.3 Å². The highest BCUT2D eigenvalue weighted by molar-refractivity contribution is 5.20. The number of methoxy groups -OCH3 is 1. The highest BCUT2D eigenvalue weighted by Gasteiger charge is 2.23. The molecule has 0 spiro atoms. The van der Waals surface area contributed by atoms with Crippen LogP contribution in [0.15, 0.2) is 24.3 Å². The molecular weight excluding hydrogens is 229 g/mol. The summed E-state index contributed by atoms with van der Waals surface area (Å²) < 4.78 is 18.4. The fourth-order valence-corrected chi connectivity index (χ4v) is 1.90. The van der Waals surface area contributed by atoms with Crippen molar-refractivity contribution in [3.63, 3.8) is 0 Å².